The van der Waals surface area contributed by atoms with Crippen molar-refractivity contribution in [2.75, 3.05) is 5.32 Å². The standard InChI is InChI=1S/C15H11F3N2O3/c1-9-4-2-3-5-11(9)14(21)19-10-6-7-13(20(22)23)12(8-10)15(16,17)18/h2-8H,1H3,(H,19,21). The maximum absolute atomic E-state index is 12.9. The molecule has 0 aliphatic rings. The predicted octanol–water partition coefficient (Wildman–Crippen LogP) is 4.17. The number of alkyl halides is 3. The Morgan fingerprint density at radius 3 is 2.39 bits per heavy atom. The average Bonchev–Trinajstić information content (AvgIpc) is 2.46. The number of amides is 1. The van der Waals surface area contributed by atoms with Crippen LogP contribution in [0.5, 0.6) is 0 Å². The largest absolute Gasteiger partial charge is 0.423 e. The van der Waals surface area contributed by atoms with Gasteiger partial charge in [-0.2, -0.15) is 13.2 Å². The predicted molar refractivity (Wildman–Crippen MR) is 77.2 cm³/mol. The minimum Gasteiger partial charge on any atom is -0.322 e. The molecule has 2 rings (SSSR count). The van der Waals surface area contributed by atoms with Gasteiger partial charge in [-0.3, -0.25) is 14.9 Å². The molecular weight excluding hydrogens is 313 g/mol. The fourth-order valence-corrected chi connectivity index (χ4v) is 2.03. The van der Waals surface area contributed by atoms with Crippen LogP contribution in [0.25, 0.3) is 0 Å². The van der Waals surface area contributed by atoms with Crippen molar-refractivity contribution < 1.29 is 22.9 Å². The number of nitrogens with one attached hydrogen (secondary N) is 1. The number of nitro groups is 1. The SMILES string of the molecule is Cc1ccccc1C(=O)Nc1ccc([N+](=O)[O-])c(C(F)(F)F)c1. The van der Waals surface area contributed by atoms with E-state index in [1.807, 2.05) is 0 Å². The molecule has 0 heterocycles. The second-order valence-electron chi connectivity index (χ2n) is 4.76. The second-order valence-corrected chi connectivity index (χ2v) is 4.76. The quantitative estimate of drug-likeness (QED) is 0.680. The first-order valence-electron chi connectivity index (χ1n) is 6.43. The third-order valence-electron chi connectivity index (χ3n) is 3.15. The maximum Gasteiger partial charge on any atom is 0.423 e. The molecule has 0 saturated heterocycles. The van der Waals surface area contributed by atoms with Crippen molar-refractivity contribution in [3.63, 3.8) is 0 Å². The molecule has 2 aromatic rings. The van der Waals surface area contributed by atoms with Gasteiger partial charge in [-0.25, -0.2) is 0 Å². The van der Waals surface area contributed by atoms with Crippen LogP contribution in [0.3, 0.4) is 0 Å². The molecule has 0 unspecified atom stereocenters. The number of anilines is 1. The zero-order valence-electron chi connectivity index (χ0n) is 11.8. The number of halogens is 3. The first-order valence-corrected chi connectivity index (χ1v) is 6.43. The number of nitrogens with zero attached hydrogens (tertiary/aromatic N) is 1. The lowest BCUT2D eigenvalue weighted by Crippen LogP contribution is -2.15. The molecule has 0 atom stereocenters. The lowest BCUT2D eigenvalue weighted by molar-refractivity contribution is -0.388. The van der Waals surface area contributed by atoms with Gasteiger partial charge < -0.3 is 5.32 Å². The van der Waals surface area contributed by atoms with Gasteiger partial charge in [-0.15, -0.1) is 0 Å². The summed E-state index contributed by atoms with van der Waals surface area (Å²) < 4.78 is 38.7. The van der Waals surface area contributed by atoms with Crippen LogP contribution in [-0.4, -0.2) is 10.8 Å². The van der Waals surface area contributed by atoms with Gasteiger partial charge in [0.2, 0.25) is 0 Å². The normalized spacial score (nSPS) is 11.1. The summed E-state index contributed by atoms with van der Waals surface area (Å²) in [6.07, 6.45) is -4.90. The molecule has 2 aromatic carbocycles. The fourth-order valence-electron chi connectivity index (χ4n) is 2.03. The summed E-state index contributed by atoms with van der Waals surface area (Å²) in [6.45, 7) is 1.69. The van der Waals surface area contributed by atoms with Gasteiger partial charge in [0, 0.05) is 17.3 Å². The zero-order valence-corrected chi connectivity index (χ0v) is 11.8. The van der Waals surface area contributed by atoms with Crippen molar-refractivity contribution in [1.82, 2.24) is 0 Å². The molecule has 8 heteroatoms. The Morgan fingerprint density at radius 1 is 1.17 bits per heavy atom. The molecule has 0 aromatic heterocycles. The molecule has 0 radical (unpaired) electrons. The van der Waals surface area contributed by atoms with Crippen molar-refractivity contribution >= 4 is 17.3 Å². The Bertz CT molecular complexity index is 773. The van der Waals surface area contributed by atoms with E-state index in [0.717, 1.165) is 12.1 Å². The Hall–Kier alpha value is -2.90. The van der Waals surface area contributed by atoms with E-state index in [2.05, 4.69) is 5.32 Å². The number of aryl methyl sites for hydroxylation is 1. The molecular formula is C15H11F3N2O3. The molecule has 1 N–H and O–H groups in total. The third-order valence-corrected chi connectivity index (χ3v) is 3.15. The molecule has 23 heavy (non-hydrogen) atoms. The molecule has 0 spiro atoms. The topological polar surface area (TPSA) is 72.2 Å². The molecule has 0 aliphatic heterocycles. The molecule has 5 nitrogen and oxygen atoms in total. The highest BCUT2D eigenvalue weighted by Gasteiger charge is 2.38. The Labute approximate surface area is 128 Å². The Balaban J connectivity index is 2.36. The summed E-state index contributed by atoms with van der Waals surface area (Å²) >= 11 is 0. The molecule has 0 fully saturated rings. The van der Waals surface area contributed by atoms with Crippen molar-refractivity contribution in [3.8, 4) is 0 Å². The van der Waals surface area contributed by atoms with Gasteiger partial charge in [0.1, 0.15) is 5.56 Å². The van der Waals surface area contributed by atoms with Crippen molar-refractivity contribution in [1.29, 1.82) is 0 Å². The minimum absolute atomic E-state index is 0.170. The van der Waals surface area contributed by atoms with Crippen LogP contribution in [0.4, 0.5) is 24.5 Å². The number of carbonyl (C=O) groups is 1. The second kappa shape index (κ2) is 6.07. The van der Waals surface area contributed by atoms with Gasteiger partial charge in [-0.05, 0) is 30.7 Å². The number of rotatable bonds is 3. The van der Waals surface area contributed by atoms with Gasteiger partial charge in [0.25, 0.3) is 11.6 Å². The molecule has 120 valence electrons. The van der Waals surface area contributed by atoms with E-state index in [1.165, 1.54) is 6.07 Å². The lowest BCUT2D eigenvalue weighted by atomic mass is 10.1. The van der Waals surface area contributed by atoms with E-state index in [9.17, 15) is 28.1 Å². The highest BCUT2D eigenvalue weighted by molar-refractivity contribution is 6.05. The number of benzene rings is 2. The van der Waals surface area contributed by atoms with E-state index in [4.69, 9.17) is 0 Å². The Kier molecular flexibility index (Phi) is 4.35. The van der Waals surface area contributed by atoms with Crippen molar-refractivity contribution in [3.05, 3.63) is 69.3 Å². The van der Waals surface area contributed by atoms with Crippen molar-refractivity contribution in [2.45, 2.75) is 13.1 Å². The monoisotopic (exact) mass is 324 g/mol. The van der Waals surface area contributed by atoms with Gasteiger partial charge >= 0.3 is 6.18 Å². The van der Waals surface area contributed by atoms with Gasteiger partial charge in [-0.1, -0.05) is 18.2 Å². The van der Waals surface area contributed by atoms with E-state index in [1.54, 1.807) is 25.1 Å². The van der Waals surface area contributed by atoms with Gasteiger partial charge in [0.15, 0.2) is 0 Å². The number of hydrogen-bond acceptors (Lipinski definition) is 3. The van der Waals surface area contributed by atoms with Crippen LogP contribution in [0, 0.1) is 17.0 Å². The summed E-state index contributed by atoms with van der Waals surface area (Å²) in [7, 11) is 0. The average molecular weight is 324 g/mol. The number of nitro benzene ring substituents is 1. The fraction of sp³-hybridized carbons (Fsp3) is 0.133. The minimum atomic E-state index is -4.90. The maximum atomic E-state index is 12.9. The molecule has 0 saturated carbocycles. The summed E-state index contributed by atoms with van der Waals surface area (Å²) in [5.41, 5.74) is -1.69. The van der Waals surface area contributed by atoms with E-state index >= 15 is 0 Å². The van der Waals surface area contributed by atoms with Crippen LogP contribution in [0.15, 0.2) is 42.5 Å². The third kappa shape index (κ3) is 3.65. The summed E-state index contributed by atoms with van der Waals surface area (Å²) in [6, 6.07) is 8.89. The van der Waals surface area contributed by atoms with E-state index in [-0.39, 0.29) is 5.69 Å². The smallest absolute Gasteiger partial charge is 0.322 e. The zero-order chi connectivity index (χ0) is 17.2. The summed E-state index contributed by atoms with van der Waals surface area (Å²) in [5.74, 6) is -0.593. The first-order chi connectivity index (χ1) is 10.7. The van der Waals surface area contributed by atoms with Crippen LogP contribution in [-0.2, 0) is 6.18 Å². The van der Waals surface area contributed by atoms with E-state index < -0.39 is 28.3 Å². The summed E-state index contributed by atoms with van der Waals surface area (Å²) in [5, 5.41) is 13.0. The van der Waals surface area contributed by atoms with Crippen molar-refractivity contribution in [2.24, 2.45) is 0 Å². The molecule has 0 aliphatic carbocycles. The van der Waals surface area contributed by atoms with Crippen LogP contribution in [0.1, 0.15) is 21.5 Å². The lowest BCUT2D eigenvalue weighted by Gasteiger charge is -2.11. The van der Waals surface area contributed by atoms with Crippen LogP contribution in [0.2, 0.25) is 0 Å². The van der Waals surface area contributed by atoms with Crippen LogP contribution < -0.4 is 5.32 Å². The molecule has 0 bridgehead atoms. The number of carbonyl (C=O) groups excluding carboxylic acids is 1. The van der Waals surface area contributed by atoms with E-state index in [0.29, 0.717) is 17.2 Å². The number of hydrogen-bond donors (Lipinski definition) is 1. The summed E-state index contributed by atoms with van der Waals surface area (Å²) in [4.78, 5) is 21.7. The highest BCUT2D eigenvalue weighted by Crippen LogP contribution is 2.37. The Morgan fingerprint density at radius 2 is 1.83 bits per heavy atom. The first kappa shape index (κ1) is 16.5. The van der Waals surface area contributed by atoms with Gasteiger partial charge in [0.05, 0.1) is 4.92 Å². The molecule has 1 amide bonds. The highest BCUT2D eigenvalue weighted by atomic mass is 19.4. The van der Waals surface area contributed by atoms with Crippen LogP contribution >= 0.6 is 0 Å².